The van der Waals surface area contributed by atoms with Crippen LogP contribution >= 0.6 is 0 Å². The van der Waals surface area contributed by atoms with Crippen LogP contribution in [0.25, 0.3) is 0 Å². The predicted molar refractivity (Wildman–Crippen MR) is 30.5 cm³/mol. The fraction of sp³-hybridized carbons (Fsp3) is 0.500. The van der Waals surface area contributed by atoms with Gasteiger partial charge in [-0.25, -0.2) is 0 Å². The molecule has 7 heavy (non-hydrogen) atoms. The highest BCUT2D eigenvalue weighted by Crippen LogP contribution is 1.94. The van der Waals surface area contributed by atoms with Gasteiger partial charge < -0.3 is 4.74 Å². The van der Waals surface area contributed by atoms with E-state index >= 15 is 0 Å². The molecule has 1 radical (unpaired) electrons. The van der Waals surface area contributed by atoms with Crippen LogP contribution in [0.15, 0.2) is 11.8 Å². The molecule has 0 aromatic carbocycles. The van der Waals surface area contributed by atoms with E-state index in [1.165, 1.54) is 0 Å². The summed E-state index contributed by atoms with van der Waals surface area (Å²) in [5.74, 6) is 0.947. The zero-order valence-electron chi connectivity index (χ0n) is 5.06. The molecule has 0 unspecified atom stereocenters. The highest BCUT2D eigenvalue weighted by molar-refractivity contribution is 4.84. The van der Waals surface area contributed by atoms with Gasteiger partial charge in [0, 0.05) is 0 Å². The van der Waals surface area contributed by atoms with Gasteiger partial charge in [-0.05, 0) is 26.8 Å². The summed E-state index contributed by atoms with van der Waals surface area (Å²) in [6.45, 7) is 7.38. The summed E-state index contributed by atoms with van der Waals surface area (Å²) < 4.78 is 4.93. The second-order valence-electron chi connectivity index (χ2n) is 1.25. The lowest BCUT2D eigenvalue weighted by atomic mass is 10.5. The lowest BCUT2D eigenvalue weighted by molar-refractivity contribution is 0.297. The van der Waals surface area contributed by atoms with E-state index in [9.17, 15) is 0 Å². The van der Waals surface area contributed by atoms with Crippen LogP contribution in [0.5, 0.6) is 0 Å². The third-order valence-corrected chi connectivity index (χ3v) is 0.710. The van der Waals surface area contributed by atoms with Gasteiger partial charge in [0.15, 0.2) is 0 Å². The molecule has 0 atom stereocenters. The van der Waals surface area contributed by atoms with Crippen LogP contribution in [0.3, 0.4) is 0 Å². The third-order valence-electron chi connectivity index (χ3n) is 0.710. The zero-order chi connectivity index (χ0) is 5.70. The Bertz CT molecular complexity index is 64.6. The molecule has 0 N–H and O–H groups in total. The molecule has 1 heteroatoms. The molecule has 41 valence electrons. The molecule has 0 aliphatic rings. The smallest absolute Gasteiger partial charge is 0.132 e. The van der Waals surface area contributed by atoms with Gasteiger partial charge in [-0.15, -0.1) is 0 Å². The van der Waals surface area contributed by atoms with Crippen molar-refractivity contribution in [1.82, 2.24) is 0 Å². The first kappa shape index (κ1) is 6.54. The largest absolute Gasteiger partial charge is 0.492 e. The Hall–Kier alpha value is -0.460. The van der Waals surface area contributed by atoms with E-state index in [-0.39, 0.29) is 0 Å². The topological polar surface area (TPSA) is 9.23 Å². The van der Waals surface area contributed by atoms with Gasteiger partial charge in [0.05, 0.1) is 5.76 Å². The lowest BCUT2D eigenvalue weighted by Crippen LogP contribution is -1.77. The zero-order valence-corrected chi connectivity index (χ0v) is 5.06. The van der Waals surface area contributed by atoms with Crippen molar-refractivity contribution in [3.8, 4) is 0 Å². The van der Waals surface area contributed by atoms with E-state index in [2.05, 4.69) is 0 Å². The molecule has 0 saturated carbocycles. The highest BCUT2D eigenvalue weighted by atomic mass is 16.5. The summed E-state index contributed by atoms with van der Waals surface area (Å²) >= 11 is 0. The molecule has 0 amide bonds. The van der Waals surface area contributed by atoms with Gasteiger partial charge >= 0.3 is 0 Å². The summed E-state index contributed by atoms with van der Waals surface area (Å²) in [7, 11) is 0. The van der Waals surface area contributed by atoms with Crippen molar-refractivity contribution in [2.24, 2.45) is 0 Å². The number of rotatable bonds is 2. The Morgan fingerprint density at radius 3 is 2.14 bits per heavy atom. The molecule has 0 aliphatic heterocycles. The predicted octanol–water partition coefficient (Wildman–Crippen LogP) is 2.11. The van der Waals surface area contributed by atoms with Crippen molar-refractivity contribution in [3.05, 3.63) is 18.4 Å². The van der Waals surface area contributed by atoms with E-state index < -0.39 is 0 Å². The monoisotopic (exact) mass is 99.1 g/mol. The third kappa shape index (κ3) is 3.37. The molecule has 1 nitrogen and oxygen atoms in total. The quantitative estimate of drug-likeness (QED) is 0.482. The van der Waals surface area contributed by atoms with Crippen molar-refractivity contribution in [2.75, 3.05) is 0 Å². The minimum atomic E-state index is 0.947. The minimum absolute atomic E-state index is 0.947. The van der Waals surface area contributed by atoms with E-state index in [0.29, 0.717) is 0 Å². The number of hydrogen-bond acceptors (Lipinski definition) is 1. The summed E-state index contributed by atoms with van der Waals surface area (Å²) in [6, 6.07) is 0. The average Bonchev–Trinajstić information content (AvgIpc) is 1.68. The number of allylic oxidation sites excluding steroid dienone is 2. The first-order chi connectivity index (χ1) is 3.31. The maximum Gasteiger partial charge on any atom is 0.132 e. The van der Waals surface area contributed by atoms with Crippen molar-refractivity contribution < 1.29 is 4.74 Å². The van der Waals surface area contributed by atoms with Gasteiger partial charge in [0.25, 0.3) is 0 Å². The van der Waals surface area contributed by atoms with Crippen LogP contribution in [0.4, 0.5) is 0 Å². The van der Waals surface area contributed by atoms with Gasteiger partial charge in [0.2, 0.25) is 0 Å². The Morgan fingerprint density at radius 2 is 2.00 bits per heavy atom. The Morgan fingerprint density at radius 1 is 1.43 bits per heavy atom. The Kier molecular flexibility index (Phi) is 3.48. The van der Waals surface area contributed by atoms with E-state index in [4.69, 9.17) is 4.74 Å². The molecular formula is C6H11O. The molecular weight excluding hydrogens is 88.1 g/mol. The van der Waals surface area contributed by atoms with Gasteiger partial charge in [-0.3, -0.25) is 0 Å². The standard InChI is InChI=1S/C6H11O/c1-4-6(3)7-5-2/h4-5H,1-3H3/b6-4-. The minimum Gasteiger partial charge on any atom is -0.492 e. The van der Waals surface area contributed by atoms with Crippen molar-refractivity contribution >= 4 is 0 Å². The van der Waals surface area contributed by atoms with E-state index in [1.807, 2.05) is 26.8 Å². The van der Waals surface area contributed by atoms with Crippen molar-refractivity contribution in [1.29, 1.82) is 0 Å². The number of hydrogen-bond donors (Lipinski definition) is 0. The second kappa shape index (κ2) is 3.72. The molecule has 0 aromatic heterocycles. The van der Waals surface area contributed by atoms with Crippen LogP contribution in [-0.2, 0) is 4.74 Å². The summed E-state index contributed by atoms with van der Waals surface area (Å²) in [5.41, 5.74) is 0. The molecule has 0 spiro atoms. The molecule has 0 aromatic rings. The van der Waals surface area contributed by atoms with Crippen molar-refractivity contribution in [3.63, 3.8) is 0 Å². The van der Waals surface area contributed by atoms with Gasteiger partial charge in [-0.2, -0.15) is 0 Å². The first-order valence-electron chi connectivity index (χ1n) is 2.38. The average molecular weight is 99.2 g/mol. The molecule has 0 fully saturated rings. The second-order valence-corrected chi connectivity index (χ2v) is 1.25. The fourth-order valence-corrected chi connectivity index (χ4v) is 0.254. The van der Waals surface area contributed by atoms with Crippen LogP contribution in [-0.4, -0.2) is 0 Å². The normalized spacial score (nSPS) is 11.6. The maximum atomic E-state index is 4.93. The summed E-state index contributed by atoms with van der Waals surface area (Å²) in [5, 5.41) is 0. The molecule has 0 bridgehead atoms. The van der Waals surface area contributed by atoms with E-state index in [0.717, 1.165) is 5.76 Å². The Labute approximate surface area is 45.0 Å². The van der Waals surface area contributed by atoms with Crippen LogP contribution in [0, 0.1) is 6.61 Å². The van der Waals surface area contributed by atoms with Crippen LogP contribution < -0.4 is 0 Å². The van der Waals surface area contributed by atoms with Crippen LogP contribution in [0.1, 0.15) is 20.8 Å². The highest BCUT2D eigenvalue weighted by Gasteiger charge is 1.78. The molecule has 0 aliphatic carbocycles. The fourth-order valence-electron chi connectivity index (χ4n) is 0.254. The van der Waals surface area contributed by atoms with E-state index in [1.54, 1.807) is 6.61 Å². The van der Waals surface area contributed by atoms with Crippen LogP contribution in [0.2, 0.25) is 0 Å². The maximum absolute atomic E-state index is 4.93. The Balaban J connectivity index is 3.17. The first-order valence-corrected chi connectivity index (χ1v) is 2.38. The lowest BCUT2D eigenvalue weighted by Gasteiger charge is -1.97. The summed E-state index contributed by atoms with van der Waals surface area (Å²) in [4.78, 5) is 0. The summed E-state index contributed by atoms with van der Waals surface area (Å²) in [6.07, 6.45) is 1.92. The van der Waals surface area contributed by atoms with Crippen molar-refractivity contribution in [2.45, 2.75) is 20.8 Å². The molecule has 0 rings (SSSR count). The van der Waals surface area contributed by atoms with Gasteiger partial charge in [0.1, 0.15) is 6.61 Å². The molecule has 0 saturated heterocycles. The molecule has 0 heterocycles. The number of ether oxygens (including phenoxy) is 1. The SMILES string of the molecule is C[CH]O/C(C)=C\C. The van der Waals surface area contributed by atoms with Gasteiger partial charge in [-0.1, -0.05) is 0 Å².